The monoisotopic (exact) mass is 312 g/mol. The summed E-state index contributed by atoms with van der Waals surface area (Å²) in [5, 5.41) is 7.42. The van der Waals surface area contributed by atoms with Crippen molar-refractivity contribution in [1.29, 1.82) is 0 Å². The molecule has 0 radical (unpaired) electrons. The molecule has 0 amide bonds. The Morgan fingerprint density at radius 3 is 2.91 bits per heavy atom. The van der Waals surface area contributed by atoms with Crippen LogP contribution in [0.2, 0.25) is 0 Å². The fourth-order valence-electron chi connectivity index (χ4n) is 4.74. The van der Waals surface area contributed by atoms with E-state index in [9.17, 15) is 0 Å². The minimum atomic E-state index is -0.169. The first kappa shape index (κ1) is 15.2. The molecule has 2 aliphatic heterocycles. The number of hydrogen-bond donors (Lipinski definition) is 2. The lowest BCUT2D eigenvalue weighted by Crippen LogP contribution is -2.52. The number of benzene rings is 1. The lowest BCUT2D eigenvalue weighted by molar-refractivity contribution is 0.123. The zero-order valence-electron chi connectivity index (χ0n) is 14.5. The van der Waals surface area contributed by atoms with Crippen LogP contribution in [-0.2, 0) is 0 Å². The third kappa shape index (κ3) is 2.50. The first-order valence-corrected chi connectivity index (χ1v) is 8.94. The SMILES string of the molecule is CC(C)(C)Oc1cccc2c1C(C13CCNC1CCNC3)C=C2. The Labute approximate surface area is 139 Å². The van der Waals surface area contributed by atoms with E-state index in [-0.39, 0.29) is 11.0 Å². The molecule has 1 aliphatic carbocycles. The highest BCUT2D eigenvalue weighted by atomic mass is 16.5. The fraction of sp³-hybridized carbons (Fsp3) is 0.600. The average molecular weight is 312 g/mol. The molecule has 1 aromatic carbocycles. The molecule has 23 heavy (non-hydrogen) atoms. The number of nitrogens with one attached hydrogen (secondary N) is 2. The van der Waals surface area contributed by atoms with E-state index in [4.69, 9.17) is 4.74 Å². The van der Waals surface area contributed by atoms with Gasteiger partial charge in [-0.05, 0) is 58.3 Å². The van der Waals surface area contributed by atoms with Gasteiger partial charge in [0.05, 0.1) is 0 Å². The Morgan fingerprint density at radius 2 is 2.09 bits per heavy atom. The van der Waals surface area contributed by atoms with Crippen molar-refractivity contribution in [2.75, 3.05) is 19.6 Å². The van der Waals surface area contributed by atoms with Crippen LogP contribution in [0.3, 0.4) is 0 Å². The van der Waals surface area contributed by atoms with Gasteiger partial charge in [-0.25, -0.2) is 0 Å². The molecule has 3 unspecified atom stereocenters. The van der Waals surface area contributed by atoms with E-state index in [1.54, 1.807) is 0 Å². The van der Waals surface area contributed by atoms with Crippen molar-refractivity contribution in [3.63, 3.8) is 0 Å². The summed E-state index contributed by atoms with van der Waals surface area (Å²) in [5.41, 5.74) is 2.86. The van der Waals surface area contributed by atoms with Crippen molar-refractivity contribution in [2.45, 2.75) is 51.2 Å². The van der Waals surface area contributed by atoms with Crippen LogP contribution in [0.4, 0.5) is 0 Å². The summed E-state index contributed by atoms with van der Waals surface area (Å²) >= 11 is 0. The molecule has 0 bridgehead atoms. The molecule has 4 rings (SSSR count). The van der Waals surface area contributed by atoms with Crippen molar-refractivity contribution in [1.82, 2.24) is 10.6 Å². The van der Waals surface area contributed by atoms with E-state index in [2.05, 4.69) is 61.8 Å². The topological polar surface area (TPSA) is 33.3 Å². The maximum Gasteiger partial charge on any atom is 0.124 e. The Kier molecular flexibility index (Phi) is 3.54. The van der Waals surface area contributed by atoms with E-state index in [1.165, 1.54) is 24.0 Å². The zero-order valence-corrected chi connectivity index (χ0v) is 14.5. The van der Waals surface area contributed by atoms with Crippen LogP contribution in [0.15, 0.2) is 24.3 Å². The molecule has 2 saturated heterocycles. The van der Waals surface area contributed by atoms with Gasteiger partial charge in [-0.3, -0.25) is 0 Å². The Hall–Kier alpha value is -1.32. The lowest BCUT2D eigenvalue weighted by atomic mass is 9.65. The lowest BCUT2D eigenvalue weighted by Gasteiger charge is -2.44. The predicted octanol–water partition coefficient (Wildman–Crippen LogP) is 3.32. The summed E-state index contributed by atoms with van der Waals surface area (Å²) in [5.74, 6) is 1.51. The maximum absolute atomic E-state index is 6.33. The smallest absolute Gasteiger partial charge is 0.124 e. The molecular formula is C20H28N2O. The predicted molar refractivity (Wildman–Crippen MR) is 94.9 cm³/mol. The van der Waals surface area contributed by atoms with Gasteiger partial charge in [0.2, 0.25) is 0 Å². The summed E-state index contributed by atoms with van der Waals surface area (Å²) in [6.45, 7) is 9.75. The first-order valence-electron chi connectivity index (χ1n) is 8.94. The van der Waals surface area contributed by atoms with Gasteiger partial charge >= 0.3 is 0 Å². The quantitative estimate of drug-likeness (QED) is 0.879. The molecule has 2 N–H and O–H groups in total. The number of ether oxygens (including phenoxy) is 1. The third-order valence-electron chi connectivity index (χ3n) is 5.65. The molecule has 0 saturated carbocycles. The van der Waals surface area contributed by atoms with Crippen LogP contribution in [0.5, 0.6) is 5.75 Å². The second-order valence-corrected chi connectivity index (χ2v) is 8.27. The van der Waals surface area contributed by atoms with Gasteiger partial charge < -0.3 is 15.4 Å². The molecule has 3 heteroatoms. The zero-order chi connectivity index (χ0) is 16.1. The normalized spacial score (nSPS) is 32.7. The summed E-state index contributed by atoms with van der Waals surface area (Å²) in [7, 11) is 0. The summed E-state index contributed by atoms with van der Waals surface area (Å²) in [6.07, 6.45) is 7.19. The molecule has 2 fully saturated rings. The number of rotatable bonds is 2. The van der Waals surface area contributed by atoms with E-state index in [1.807, 2.05) is 0 Å². The van der Waals surface area contributed by atoms with E-state index >= 15 is 0 Å². The number of fused-ring (bicyclic) bond motifs is 2. The molecule has 3 nitrogen and oxygen atoms in total. The van der Waals surface area contributed by atoms with E-state index in [0.29, 0.717) is 12.0 Å². The van der Waals surface area contributed by atoms with Gasteiger partial charge in [0.25, 0.3) is 0 Å². The molecule has 0 spiro atoms. The van der Waals surface area contributed by atoms with E-state index in [0.717, 1.165) is 25.4 Å². The summed E-state index contributed by atoms with van der Waals surface area (Å²) in [4.78, 5) is 0. The van der Waals surface area contributed by atoms with Crippen molar-refractivity contribution in [3.8, 4) is 5.75 Å². The van der Waals surface area contributed by atoms with Gasteiger partial charge in [0.15, 0.2) is 0 Å². The Bertz CT molecular complexity index is 631. The maximum atomic E-state index is 6.33. The van der Waals surface area contributed by atoms with E-state index < -0.39 is 0 Å². The standard InChI is InChI=1S/C20H28N2O/c1-19(2,3)23-16-6-4-5-14-7-8-15(18(14)16)20-10-12-22-17(20)9-11-21-13-20/h4-8,15,17,21-22H,9-13H2,1-3H3. The van der Waals surface area contributed by atoms with Gasteiger partial charge in [0, 0.05) is 29.5 Å². The Balaban J connectivity index is 1.76. The first-order chi connectivity index (χ1) is 11.0. The molecular weight excluding hydrogens is 284 g/mol. The van der Waals surface area contributed by atoms with Crippen molar-refractivity contribution in [2.24, 2.45) is 5.41 Å². The largest absolute Gasteiger partial charge is 0.488 e. The van der Waals surface area contributed by atoms with Crippen molar-refractivity contribution in [3.05, 3.63) is 35.4 Å². The average Bonchev–Trinajstić information content (AvgIpc) is 3.10. The van der Waals surface area contributed by atoms with Gasteiger partial charge in [-0.2, -0.15) is 0 Å². The highest BCUT2D eigenvalue weighted by Gasteiger charge is 2.51. The molecule has 2 heterocycles. The Morgan fingerprint density at radius 1 is 1.22 bits per heavy atom. The van der Waals surface area contributed by atoms with Gasteiger partial charge in [-0.1, -0.05) is 24.3 Å². The number of allylic oxidation sites excluding steroid dienone is 1. The minimum absolute atomic E-state index is 0.169. The highest BCUT2D eigenvalue weighted by molar-refractivity contribution is 5.67. The molecule has 3 aliphatic rings. The second kappa shape index (κ2) is 5.35. The van der Waals surface area contributed by atoms with Gasteiger partial charge in [-0.15, -0.1) is 0 Å². The fourth-order valence-corrected chi connectivity index (χ4v) is 4.74. The van der Waals surface area contributed by atoms with Crippen LogP contribution in [0.25, 0.3) is 6.08 Å². The highest BCUT2D eigenvalue weighted by Crippen LogP contribution is 2.53. The van der Waals surface area contributed by atoms with Crippen LogP contribution in [0, 0.1) is 5.41 Å². The minimum Gasteiger partial charge on any atom is -0.488 e. The second-order valence-electron chi connectivity index (χ2n) is 8.27. The van der Waals surface area contributed by atoms with Crippen molar-refractivity contribution < 1.29 is 4.74 Å². The molecule has 124 valence electrons. The van der Waals surface area contributed by atoms with Crippen LogP contribution < -0.4 is 15.4 Å². The molecule has 0 aromatic heterocycles. The summed E-state index contributed by atoms with van der Waals surface area (Å²) < 4.78 is 6.33. The molecule has 1 aromatic rings. The summed E-state index contributed by atoms with van der Waals surface area (Å²) in [6, 6.07) is 7.11. The van der Waals surface area contributed by atoms with Crippen LogP contribution >= 0.6 is 0 Å². The van der Waals surface area contributed by atoms with Crippen LogP contribution in [-0.4, -0.2) is 31.3 Å². The number of piperidine rings is 1. The third-order valence-corrected chi connectivity index (χ3v) is 5.65. The van der Waals surface area contributed by atoms with Crippen LogP contribution in [0.1, 0.15) is 50.7 Å². The number of hydrogen-bond acceptors (Lipinski definition) is 3. The molecule has 3 atom stereocenters. The van der Waals surface area contributed by atoms with Gasteiger partial charge in [0.1, 0.15) is 11.4 Å². The van der Waals surface area contributed by atoms with Crippen molar-refractivity contribution >= 4 is 6.08 Å².